The van der Waals surface area contributed by atoms with Crippen molar-refractivity contribution in [2.75, 3.05) is 0 Å². The lowest BCUT2D eigenvalue weighted by atomic mass is 9.86. The largest absolute Gasteiger partial charge is 0.444 e. The number of nitrogens with zero attached hydrogens (tertiary/aromatic N) is 1. The van der Waals surface area contributed by atoms with Crippen LogP contribution in [-0.2, 0) is 21.7 Å². The lowest BCUT2D eigenvalue weighted by Gasteiger charge is -2.30. The molecule has 0 aromatic heterocycles. The van der Waals surface area contributed by atoms with Crippen LogP contribution in [-0.4, -0.2) is 23.6 Å². The zero-order valence-corrected chi connectivity index (χ0v) is 21.1. The summed E-state index contributed by atoms with van der Waals surface area (Å²) < 4.78 is 47.9. The predicted octanol–water partition coefficient (Wildman–Crippen LogP) is 7.91. The molecule has 0 spiro atoms. The van der Waals surface area contributed by atoms with Crippen molar-refractivity contribution in [1.82, 2.24) is 5.32 Å². The van der Waals surface area contributed by atoms with E-state index in [4.69, 9.17) is 56.0 Å². The highest BCUT2D eigenvalue weighted by Crippen LogP contribution is 2.50. The number of nitrogens with one attached hydrogen (secondary N) is 1. The Bertz CT molecular complexity index is 1130. The van der Waals surface area contributed by atoms with Gasteiger partial charge in [0.1, 0.15) is 5.60 Å². The van der Waals surface area contributed by atoms with Crippen LogP contribution in [0.5, 0.6) is 0 Å². The second kappa shape index (κ2) is 9.64. The lowest BCUT2D eigenvalue weighted by Crippen LogP contribution is -2.42. The molecular weight excluding hydrogens is 539 g/mol. The summed E-state index contributed by atoms with van der Waals surface area (Å²) in [6.45, 7) is 5.13. The Morgan fingerprint density at radius 1 is 1.09 bits per heavy atom. The molecule has 0 fully saturated rings. The van der Waals surface area contributed by atoms with Gasteiger partial charge in [-0.15, -0.1) is 0 Å². The van der Waals surface area contributed by atoms with Crippen molar-refractivity contribution in [3.8, 4) is 0 Å². The third kappa shape index (κ3) is 5.67. The lowest BCUT2D eigenvalue weighted by molar-refractivity contribution is -0.275. The number of halogens is 7. The van der Waals surface area contributed by atoms with Crippen molar-refractivity contribution in [1.29, 1.82) is 0 Å². The molecule has 5 nitrogen and oxygen atoms in total. The van der Waals surface area contributed by atoms with Gasteiger partial charge in [0.25, 0.3) is 5.60 Å². The highest BCUT2D eigenvalue weighted by Gasteiger charge is 2.62. The van der Waals surface area contributed by atoms with Gasteiger partial charge in [-0.1, -0.05) is 57.6 Å². The maximum absolute atomic E-state index is 14.2. The van der Waals surface area contributed by atoms with Gasteiger partial charge >= 0.3 is 12.3 Å². The van der Waals surface area contributed by atoms with E-state index >= 15 is 0 Å². The third-order valence-electron chi connectivity index (χ3n) is 4.84. The molecule has 0 saturated heterocycles. The van der Waals surface area contributed by atoms with Crippen molar-refractivity contribution >= 4 is 58.2 Å². The summed E-state index contributed by atoms with van der Waals surface area (Å²) in [6, 6.07) is 6.64. The number of hydrogen-bond acceptors (Lipinski definition) is 4. The third-order valence-corrected chi connectivity index (χ3v) is 6.40. The minimum absolute atomic E-state index is 0.0114. The Kier molecular flexibility index (Phi) is 7.58. The molecule has 3 rings (SSSR count). The average Bonchev–Trinajstić information content (AvgIpc) is 3.16. The Labute approximate surface area is 214 Å². The summed E-state index contributed by atoms with van der Waals surface area (Å²) in [7, 11) is 0. The van der Waals surface area contributed by atoms with E-state index in [0.717, 1.165) is 12.1 Å². The van der Waals surface area contributed by atoms with E-state index in [1.54, 1.807) is 20.8 Å². The molecule has 184 valence electrons. The van der Waals surface area contributed by atoms with E-state index in [0.29, 0.717) is 16.1 Å². The van der Waals surface area contributed by atoms with E-state index in [-0.39, 0.29) is 32.9 Å². The zero-order valence-electron chi connectivity index (χ0n) is 18.1. The van der Waals surface area contributed by atoms with Crippen LogP contribution >= 0.6 is 46.4 Å². The van der Waals surface area contributed by atoms with Crippen molar-refractivity contribution in [2.24, 2.45) is 5.16 Å². The van der Waals surface area contributed by atoms with Crippen LogP contribution in [0, 0.1) is 0 Å². The molecule has 0 saturated carbocycles. The number of rotatable bonds is 4. The predicted molar refractivity (Wildman–Crippen MR) is 126 cm³/mol. The van der Waals surface area contributed by atoms with Crippen molar-refractivity contribution < 1.29 is 27.5 Å². The van der Waals surface area contributed by atoms with Gasteiger partial charge in [-0.05, 0) is 56.2 Å². The highest BCUT2D eigenvalue weighted by molar-refractivity contribution is 6.48. The van der Waals surface area contributed by atoms with E-state index in [1.165, 1.54) is 18.2 Å². The molecule has 1 atom stereocenters. The van der Waals surface area contributed by atoms with Gasteiger partial charge < -0.3 is 14.9 Å². The van der Waals surface area contributed by atoms with Crippen LogP contribution in [0.15, 0.2) is 35.5 Å². The summed E-state index contributed by atoms with van der Waals surface area (Å²) in [6.07, 6.45) is -6.17. The second-order valence-electron chi connectivity index (χ2n) is 8.55. The van der Waals surface area contributed by atoms with Crippen LogP contribution in [0.3, 0.4) is 0 Å². The summed E-state index contributed by atoms with van der Waals surface area (Å²) in [4.78, 5) is 17.0. The Morgan fingerprint density at radius 2 is 1.71 bits per heavy atom. The normalized spacial score (nSPS) is 18.4. The molecule has 12 heteroatoms. The highest BCUT2D eigenvalue weighted by atomic mass is 35.5. The number of carbonyl (C=O) groups excluding carboxylic acids is 1. The summed E-state index contributed by atoms with van der Waals surface area (Å²) >= 11 is 24.0. The Balaban J connectivity index is 1.88. The number of amides is 1. The molecule has 1 unspecified atom stereocenters. The molecule has 0 bridgehead atoms. The van der Waals surface area contributed by atoms with Crippen LogP contribution < -0.4 is 5.32 Å². The molecular formula is C22H19Cl4F3N2O3. The SMILES string of the molecule is CC(C)(C)OC(=O)NCc1cc(C2=NOC(c3cc(Cl)c(Cl)c(Cl)c3)(C(F)(F)F)C2)ccc1Cl. The van der Waals surface area contributed by atoms with Crippen molar-refractivity contribution in [2.45, 2.75) is 51.1 Å². The van der Waals surface area contributed by atoms with Gasteiger partial charge in [0.15, 0.2) is 0 Å². The number of oxime groups is 1. The van der Waals surface area contributed by atoms with Gasteiger partial charge in [-0.2, -0.15) is 13.2 Å². The zero-order chi connectivity index (χ0) is 25.5. The molecule has 0 aliphatic carbocycles. The maximum Gasteiger partial charge on any atom is 0.435 e. The fraction of sp³-hybridized carbons (Fsp3) is 0.364. The molecule has 1 aliphatic heterocycles. The molecule has 1 amide bonds. The topological polar surface area (TPSA) is 59.9 Å². The number of carbonyl (C=O) groups is 1. The molecule has 2 aromatic carbocycles. The summed E-state index contributed by atoms with van der Waals surface area (Å²) in [5.74, 6) is 0. The number of alkyl carbamates (subject to hydrolysis) is 1. The van der Waals surface area contributed by atoms with Crippen molar-refractivity contribution in [3.05, 3.63) is 67.1 Å². The first-order chi connectivity index (χ1) is 15.6. The number of ether oxygens (including phenoxy) is 1. The first-order valence-corrected chi connectivity index (χ1v) is 11.4. The fourth-order valence-electron chi connectivity index (χ4n) is 3.22. The van der Waals surface area contributed by atoms with E-state index in [1.807, 2.05) is 0 Å². The molecule has 2 aromatic rings. The van der Waals surface area contributed by atoms with E-state index in [9.17, 15) is 18.0 Å². The first kappa shape index (κ1) is 26.7. The quantitative estimate of drug-likeness (QED) is 0.388. The van der Waals surface area contributed by atoms with Crippen LogP contribution in [0.4, 0.5) is 18.0 Å². The number of hydrogen-bond donors (Lipinski definition) is 1. The molecule has 1 heterocycles. The smallest absolute Gasteiger partial charge is 0.435 e. The van der Waals surface area contributed by atoms with E-state index in [2.05, 4.69) is 10.5 Å². The monoisotopic (exact) mass is 556 g/mol. The van der Waals surface area contributed by atoms with Crippen LogP contribution in [0.1, 0.15) is 43.9 Å². The van der Waals surface area contributed by atoms with Gasteiger partial charge in [-0.25, -0.2) is 4.79 Å². The first-order valence-electron chi connectivity index (χ1n) is 9.85. The van der Waals surface area contributed by atoms with Gasteiger partial charge in [0.05, 0.1) is 20.8 Å². The minimum Gasteiger partial charge on any atom is -0.444 e. The van der Waals surface area contributed by atoms with Gasteiger partial charge in [0, 0.05) is 23.6 Å². The summed E-state index contributed by atoms with van der Waals surface area (Å²) in [5, 5.41) is 6.22. The maximum atomic E-state index is 14.2. The van der Waals surface area contributed by atoms with Gasteiger partial charge in [0.2, 0.25) is 0 Å². The molecule has 1 N–H and O–H groups in total. The van der Waals surface area contributed by atoms with Crippen LogP contribution in [0.2, 0.25) is 20.1 Å². The average molecular weight is 558 g/mol. The van der Waals surface area contributed by atoms with E-state index < -0.39 is 29.9 Å². The van der Waals surface area contributed by atoms with Crippen molar-refractivity contribution in [3.63, 3.8) is 0 Å². The minimum atomic E-state index is -4.85. The standard InChI is InChI=1S/C22H19Cl4F3N2O3/c1-20(2,3)33-19(32)30-10-12-6-11(4-5-14(12)23)17-9-21(34-31-17,22(27,28)29)13-7-15(24)18(26)16(25)8-13/h4-8H,9-10H2,1-3H3,(H,30,32). The van der Waals surface area contributed by atoms with Gasteiger partial charge in [-0.3, -0.25) is 0 Å². The summed E-state index contributed by atoms with van der Waals surface area (Å²) in [5.41, 5.74) is -3.03. The molecule has 0 radical (unpaired) electrons. The molecule has 1 aliphatic rings. The number of alkyl halides is 3. The Hall–Kier alpha value is -1.87. The number of benzene rings is 2. The molecule has 34 heavy (non-hydrogen) atoms. The fourth-order valence-corrected chi connectivity index (χ4v) is 4.00. The second-order valence-corrected chi connectivity index (χ2v) is 10.1. The van der Waals surface area contributed by atoms with Crippen LogP contribution in [0.25, 0.3) is 0 Å². The Morgan fingerprint density at radius 3 is 2.26 bits per heavy atom.